The molecule has 0 saturated carbocycles. The molecule has 0 unspecified atom stereocenters. The summed E-state index contributed by atoms with van der Waals surface area (Å²) < 4.78 is 0. The van der Waals surface area contributed by atoms with Crippen molar-refractivity contribution in [1.29, 1.82) is 0 Å². The zero-order chi connectivity index (χ0) is 16.0. The number of amides is 3. The summed E-state index contributed by atoms with van der Waals surface area (Å²) in [5.41, 5.74) is 1.07. The maximum absolute atomic E-state index is 11.6. The standard InChI is InChI=1S/C12H13Cl2N3O4/c1-6-2-8(14)9(3-7(6)13)17-12(21)16-4-10(18)15-5-11(19)20/h2-3H,4-5H2,1H3,(H,15,18)(H,19,20)(H2,16,17,21). The van der Waals surface area contributed by atoms with Crippen LogP contribution < -0.4 is 16.0 Å². The Bertz CT molecular complexity index is 578. The van der Waals surface area contributed by atoms with Crippen LogP contribution in [-0.2, 0) is 9.59 Å². The van der Waals surface area contributed by atoms with E-state index in [0.717, 1.165) is 5.56 Å². The fourth-order valence-electron chi connectivity index (χ4n) is 1.31. The Kier molecular flexibility index (Phi) is 6.26. The minimum atomic E-state index is -1.17. The highest BCUT2D eigenvalue weighted by Gasteiger charge is 2.10. The molecule has 0 aliphatic carbocycles. The smallest absolute Gasteiger partial charge is 0.322 e. The Hall–Kier alpha value is -1.99. The Labute approximate surface area is 130 Å². The Morgan fingerprint density at radius 2 is 1.76 bits per heavy atom. The fourth-order valence-corrected chi connectivity index (χ4v) is 1.73. The van der Waals surface area contributed by atoms with Gasteiger partial charge >= 0.3 is 12.0 Å². The molecule has 0 atom stereocenters. The van der Waals surface area contributed by atoms with Crippen molar-refractivity contribution in [2.45, 2.75) is 6.92 Å². The molecule has 0 aliphatic heterocycles. The van der Waals surface area contributed by atoms with Crippen molar-refractivity contribution in [3.63, 3.8) is 0 Å². The predicted octanol–water partition coefficient (Wildman–Crippen LogP) is 1.62. The second-order valence-corrected chi connectivity index (χ2v) is 4.87. The van der Waals surface area contributed by atoms with E-state index in [2.05, 4.69) is 16.0 Å². The van der Waals surface area contributed by atoms with Crippen molar-refractivity contribution in [2.75, 3.05) is 18.4 Å². The van der Waals surface area contributed by atoms with Crippen molar-refractivity contribution in [1.82, 2.24) is 10.6 Å². The van der Waals surface area contributed by atoms with Crippen LogP contribution in [0.2, 0.25) is 10.0 Å². The van der Waals surface area contributed by atoms with Crippen LogP contribution in [0.3, 0.4) is 0 Å². The van der Waals surface area contributed by atoms with Gasteiger partial charge in [0.05, 0.1) is 17.3 Å². The summed E-state index contributed by atoms with van der Waals surface area (Å²) >= 11 is 11.9. The number of urea groups is 1. The monoisotopic (exact) mass is 333 g/mol. The lowest BCUT2D eigenvalue weighted by molar-refractivity contribution is -0.137. The van der Waals surface area contributed by atoms with Gasteiger partial charge in [-0.3, -0.25) is 9.59 Å². The molecule has 7 nitrogen and oxygen atoms in total. The molecule has 0 fully saturated rings. The zero-order valence-electron chi connectivity index (χ0n) is 11.0. The maximum Gasteiger partial charge on any atom is 0.322 e. The summed E-state index contributed by atoms with van der Waals surface area (Å²) in [7, 11) is 0. The molecule has 3 amide bonds. The average Bonchev–Trinajstić information content (AvgIpc) is 2.40. The lowest BCUT2D eigenvalue weighted by Crippen LogP contribution is -2.40. The summed E-state index contributed by atoms with van der Waals surface area (Å²) in [6, 6.07) is 2.42. The van der Waals surface area contributed by atoms with E-state index in [0.29, 0.717) is 15.7 Å². The minimum Gasteiger partial charge on any atom is -0.480 e. The van der Waals surface area contributed by atoms with Crippen molar-refractivity contribution in [2.24, 2.45) is 0 Å². The highest BCUT2D eigenvalue weighted by Crippen LogP contribution is 2.28. The molecule has 0 aliphatic rings. The first-order valence-electron chi connectivity index (χ1n) is 5.78. The van der Waals surface area contributed by atoms with E-state index in [4.69, 9.17) is 28.3 Å². The Morgan fingerprint density at radius 3 is 2.38 bits per heavy atom. The van der Waals surface area contributed by atoms with Gasteiger partial charge in [0.1, 0.15) is 6.54 Å². The van der Waals surface area contributed by atoms with Crippen molar-refractivity contribution in [3.8, 4) is 0 Å². The first kappa shape index (κ1) is 17.1. The van der Waals surface area contributed by atoms with Crippen LogP contribution in [0.5, 0.6) is 0 Å². The number of carbonyl (C=O) groups excluding carboxylic acids is 2. The number of hydrogen-bond acceptors (Lipinski definition) is 3. The van der Waals surface area contributed by atoms with E-state index in [1.165, 1.54) is 6.07 Å². The van der Waals surface area contributed by atoms with Gasteiger partial charge in [-0.25, -0.2) is 4.79 Å². The molecule has 1 aromatic carbocycles. The zero-order valence-corrected chi connectivity index (χ0v) is 12.5. The van der Waals surface area contributed by atoms with Crippen molar-refractivity contribution >= 4 is 46.8 Å². The number of hydrogen-bond donors (Lipinski definition) is 4. The second-order valence-electron chi connectivity index (χ2n) is 4.06. The quantitative estimate of drug-likeness (QED) is 0.656. The second kappa shape index (κ2) is 7.70. The van der Waals surface area contributed by atoms with E-state index in [1.807, 2.05) is 0 Å². The normalized spacial score (nSPS) is 9.86. The molecular formula is C12H13Cl2N3O4. The first-order chi connectivity index (χ1) is 9.79. The summed E-state index contributed by atoms with van der Waals surface area (Å²) in [6.07, 6.45) is 0. The van der Waals surface area contributed by atoms with E-state index < -0.39 is 24.5 Å². The Balaban J connectivity index is 2.49. The lowest BCUT2D eigenvalue weighted by atomic mass is 10.2. The van der Waals surface area contributed by atoms with Crippen LogP contribution in [-0.4, -0.2) is 36.1 Å². The molecule has 1 rings (SSSR count). The van der Waals surface area contributed by atoms with Gasteiger partial charge < -0.3 is 21.1 Å². The number of anilines is 1. The molecule has 9 heteroatoms. The molecule has 0 aromatic heterocycles. The summed E-state index contributed by atoms with van der Waals surface area (Å²) in [5, 5.41) is 15.9. The lowest BCUT2D eigenvalue weighted by Gasteiger charge is -2.10. The van der Waals surface area contributed by atoms with Gasteiger partial charge in [0, 0.05) is 5.02 Å². The highest BCUT2D eigenvalue weighted by molar-refractivity contribution is 6.36. The van der Waals surface area contributed by atoms with Gasteiger partial charge in [-0.2, -0.15) is 0 Å². The van der Waals surface area contributed by atoms with Crippen LogP contribution in [0.1, 0.15) is 5.56 Å². The number of nitrogens with one attached hydrogen (secondary N) is 3. The number of aliphatic carboxylic acids is 1. The average molecular weight is 334 g/mol. The van der Waals surface area contributed by atoms with Crippen molar-refractivity contribution in [3.05, 3.63) is 27.7 Å². The number of aryl methyl sites for hydroxylation is 1. The van der Waals surface area contributed by atoms with Gasteiger partial charge in [-0.05, 0) is 24.6 Å². The van der Waals surface area contributed by atoms with Gasteiger partial charge in [0.25, 0.3) is 0 Å². The number of rotatable bonds is 5. The predicted molar refractivity (Wildman–Crippen MR) is 78.9 cm³/mol. The topological polar surface area (TPSA) is 108 Å². The van der Waals surface area contributed by atoms with Crippen LogP contribution in [0, 0.1) is 6.92 Å². The SMILES string of the molecule is Cc1cc(Cl)c(NC(=O)NCC(=O)NCC(=O)O)cc1Cl. The maximum atomic E-state index is 11.6. The van der Waals surface area contributed by atoms with Gasteiger partial charge in [-0.15, -0.1) is 0 Å². The summed E-state index contributed by atoms with van der Waals surface area (Å²) in [4.78, 5) is 33.0. The first-order valence-corrected chi connectivity index (χ1v) is 6.54. The van der Waals surface area contributed by atoms with Gasteiger partial charge in [-0.1, -0.05) is 23.2 Å². The highest BCUT2D eigenvalue weighted by atomic mass is 35.5. The number of carbonyl (C=O) groups is 3. The molecule has 0 radical (unpaired) electrons. The minimum absolute atomic E-state index is 0.302. The number of carboxylic acid groups (broad SMARTS) is 1. The van der Waals surface area contributed by atoms with E-state index in [-0.39, 0.29) is 6.54 Å². The number of halogens is 2. The molecule has 21 heavy (non-hydrogen) atoms. The summed E-state index contributed by atoms with van der Waals surface area (Å²) in [5.74, 6) is -1.80. The fraction of sp³-hybridized carbons (Fsp3) is 0.250. The molecule has 0 heterocycles. The third-order valence-corrected chi connectivity index (χ3v) is 3.06. The van der Waals surface area contributed by atoms with Crippen LogP contribution in [0.4, 0.5) is 10.5 Å². The Morgan fingerprint density at radius 1 is 1.10 bits per heavy atom. The van der Waals surface area contributed by atoms with Crippen LogP contribution >= 0.6 is 23.2 Å². The molecule has 4 N–H and O–H groups in total. The number of benzene rings is 1. The van der Waals surface area contributed by atoms with E-state index in [9.17, 15) is 14.4 Å². The molecule has 0 saturated heterocycles. The van der Waals surface area contributed by atoms with E-state index >= 15 is 0 Å². The molecule has 0 spiro atoms. The van der Waals surface area contributed by atoms with Crippen molar-refractivity contribution < 1.29 is 19.5 Å². The third kappa shape index (κ3) is 5.88. The van der Waals surface area contributed by atoms with Gasteiger partial charge in [0.2, 0.25) is 5.91 Å². The molecule has 114 valence electrons. The number of carboxylic acids is 1. The van der Waals surface area contributed by atoms with E-state index in [1.54, 1.807) is 13.0 Å². The summed E-state index contributed by atoms with van der Waals surface area (Å²) in [6.45, 7) is 0.892. The van der Waals surface area contributed by atoms with Gasteiger partial charge in [0.15, 0.2) is 0 Å². The largest absolute Gasteiger partial charge is 0.480 e. The molecule has 1 aromatic rings. The third-order valence-electron chi connectivity index (χ3n) is 2.34. The molecular weight excluding hydrogens is 321 g/mol. The van der Waals surface area contributed by atoms with Crippen LogP contribution in [0.25, 0.3) is 0 Å². The molecule has 0 bridgehead atoms. The van der Waals surface area contributed by atoms with Crippen LogP contribution in [0.15, 0.2) is 12.1 Å².